The molecule has 4 N–H and O–H groups in total. The van der Waals surface area contributed by atoms with Gasteiger partial charge in [0.1, 0.15) is 12.4 Å². The highest BCUT2D eigenvalue weighted by Gasteiger charge is 2.08. The predicted octanol–water partition coefficient (Wildman–Crippen LogP) is 0.871. The summed E-state index contributed by atoms with van der Waals surface area (Å²) in [5, 5.41) is 8.86. The SMILES string of the molecule is CC(N)c1cn(Cc2nc(N)c3ccccc3n2)nn1. The van der Waals surface area contributed by atoms with Crippen LogP contribution in [0.25, 0.3) is 10.9 Å². The zero-order chi connectivity index (χ0) is 14.1. The van der Waals surface area contributed by atoms with E-state index in [2.05, 4.69) is 20.3 Å². The lowest BCUT2D eigenvalue weighted by Gasteiger charge is -2.05. The summed E-state index contributed by atoms with van der Waals surface area (Å²) in [6.07, 6.45) is 1.79. The van der Waals surface area contributed by atoms with E-state index in [9.17, 15) is 0 Å². The molecule has 102 valence electrons. The normalized spacial score (nSPS) is 12.7. The summed E-state index contributed by atoms with van der Waals surface area (Å²) in [5.41, 5.74) is 13.3. The fourth-order valence-corrected chi connectivity index (χ4v) is 1.97. The van der Waals surface area contributed by atoms with E-state index in [1.807, 2.05) is 31.2 Å². The van der Waals surface area contributed by atoms with Gasteiger partial charge in [0, 0.05) is 11.4 Å². The van der Waals surface area contributed by atoms with Crippen LogP contribution in [0.2, 0.25) is 0 Å². The second-order valence-electron chi connectivity index (χ2n) is 4.67. The number of para-hydroxylation sites is 1. The Bertz CT molecular complexity index is 747. The average Bonchev–Trinajstić information content (AvgIpc) is 2.87. The van der Waals surface area contributed by atoms with Crippen LogP contribution in [-0.2, 0) is 6.54 Å². The molecule has 0 saturated carbocycles. The van der Waals surface area contributed by atoms with Crippen LogP contribution in [0, 0.1) is 0 Å². The van der Waals surface area contributed by atoms with Gasteiger partial charge in [0.25, 0.3) is 0 Å². The highest BCUT2D eigenvalue weighted by atomic mass is 15.4. The molecule has 0 amide bonds. The van der Waals surface area contributed by atoms with Crippen molar-refractivity contribution in [2.24, 2.45) is 5.73 Å². The first-order valence-corrected chi connectivity index (χ1v) is 6.30. The minimum Gasteiger partial charge on any atom is -0.383 e. The number of hydrogen-bond acceptors (Lipinski definition) is 6. The molecule has 0 aliphatic rings. The first kappa shape index (κ1) is 12.5. The molecule has 7 heteroatoms. The van der Waals surface area contributed by atoms with Crippen LogP contribution < -0.4 is 11.5 Å². The number of benzene rings is 1. The Balaban J connectivity index is 1.94. The second-order valence-corrected chi connectivity index (χ2v) is 4.67. The number of nitrogens with zero attached hydrogens (tertiary/aromatic N) is 5. The molecule has 3 aromatic rings. The average molecular weight is 269 g/mol. The third-order valence-electron chi connectivity index (χ3n) is 3.01. The van der Waals surface area contributed by atoms with Gasteiger partial charge in [-0.2, -0.15) is 0 Å². The van der Waals surface area contributed by atoms with E-state index < -0.39 is 0 Å². The Morgan fingerprint density at radius 3 is 2.80 bits per heavy atom. The molecule has 3 rings (SSSR count). The van der Waals surface area contributed by atoms with E-state index in [1.54, 1.807) is 10.9 Å². The molecule has 2 aromatic heterocycles. The fraction of sp³-hybridized carbons (Fsp3) is 0.231. The van der Waals surface area contributed by atoms with Crippen molar-refractivity contribution in [1.29, 1.82) is 0 Å². The molecular weight excluding hydrogens is 254 g/mol. The Kier molecular flexibility index (Phi) is 3.03. The zero-order valence-corrected chi connectivity index (χ0v) is 11.1. The van der Waals surface area contributed by atoms with Gasteiger partial charge in [-0.15, -0.1) is 5.10 Å². The zero-order valence-electron chi connectivity index (χ0n) is 11.1. The van der Waals surface area contributed by atoms with Crippen molar-refractivity contribution in [2.45, 2.75) is 19.5 Å². The van der Waals surface area contributed by atoms with Gasteiger partial charge in [-0.05, 0) is 19.1 Å². The number of hydrogen-bond donors (Lipinski definition) is 2. The fourth-order valence-electron chi connectivity index (χ4n) is 1.97. The minimum absolute atomic E-state index is 0.147. The summed E-state index contributed by atoms with van der Waals surface area (Å²) in [5.74, 6) is 1.07. The Morgan fingerprint density at radius 1 is 1.25 bits per heavy atom. The second kappa shape index (κ2) is 4.86. The summed E-state index contributed by atoms with van der Waals surface area (Å²) in [6, 6.07) is 7.49. The molecule has 0 spiro atoms. The quantitative estimate of drug-likeness (QED) is 0.730. The molecule has 0 fully saturated rings. The van der Waals surface area contributed by atoms with Crippen molar-refractivity contribution in [1.82, 2.24) is 25.0 Å². The van der Waals surface area contributed by atoms with Crippen molar-refractivity contribution < 1.29 is 0 Å². The maximum absolute atomic E-state index is 5.95. The Labute approximate surface area is 115 Å². The maximum atomic E-state index is 5.95. The first-order chi connectivity index (χ1) is 9.63. The predicted molar refractivity (Wildman–Crippen MR) is 75.7 cm³/mol. The van der Waals surface area contributed by atoms with Crippen molar-refractivity contribution in [3.63, 3.8) is 0 Å². The van der Waals surface area contributed by atoms with Crippen LogP contribution in [0.4, 0.5) is 5.82 Å². The van der Waals surface area contributed by atoms with Gasteiger partial charge in [0.05, 0.1) is 17.4 Å². The molecule has 1 aromatic carbocycles. The van der Waals surface area contributed by atoms with Gasteiger partial charge in [-0.1, -0.05) is 17.3 Å². The molecule has 7 nitrogen and oxygen atoms in total. The molecule has 2 heterocycles. The molecule has 0 saturated heterocycles. The minimum atomic E-state index is -0.147. The van der Waals surface area contributed by atoms with E-state index in [0.717, 1.165) is 16.6 Å². The monoisotopic (exact) mass is 269 g/mol. The molecule has 0 bridgehead atoms. The largest absolute Gasteiger partial charge is 0.383 e. The van der Waals surface area contributed by atoms with E-state index in [-0.39, 0.29) is 6.04 Å². The van der Waals surface area contributed by atoms with Crippen LogP contribution >= 0.6 is 0 Å². The molecule has 1 atom stereocenters. The molecule has 20 heavy (non-hydrogen) atoms. The van der Waals surface area contributed by atoms with E-state index in [0.29, 0.717) is 18.2 Å². The third-order valence-corrected chi connectivity index (χ3v) is 3.01. The van der Waals surface area contributed by atoms with E-state index in [1.165, 1.54) is 0 Å². The van der Waals surface area contributed by atoms with Crippen LogP contribution in [0.3, 0.4) is 0 Å². The van der Waals surface area contributed by atoms with Crippen molar-refractivity contribution >= 4 is 16.7 Å². The van der Waals surface area contributed by atoms with Crippen molar-refractivity contribution in [2.75, 3.05) is 5.73 Å². The molecule has 1 unspecified atom stereocenters. The van der Waals surface area contributed by atoms with E-state index in [4.69, 9.17) is 11.5 Å². The van der Waals surface area contributed by atoms with Gasteiger partial charge in [-0.3, -0.25) is 0 Å². The topological polar surface area (TPSA) is 109 Å². The van der Waals surface area contributed by atoms with Crippen molar-refractivity contribution in [3.05, 3.63) is 42.0 Å². The summed E-state index contributed by atoms with van der Waals surface area (Å²) in [4.78, 5) is 8.77. The van der Waals surface area contributed by atoms with Crippen LogP contribution in [0.15, 0.2) is 30.5 Å². The van der Waals surface area contributed by atoms with E-state index >= 15 is 0 Å². The van der Waals surface area contributed by atoms with Gasteiger partial charge >= 0.3 is 0 Å². The summed E-state index contributed by atoms with van der Waals surface area (Å²) >= 11 is 0. The summed E-state index contributed by atoms with van der Waals surface area (Å²) < 4.78 is 1.66. The van der Waals surface area contributed by atoms with Gasteiger partial charge < -0.3 is 11.5 Å². The smallest absolute Gasteiger partial charge is 0.152 e. The number of nitrogen functional groups attached to an aromatic ring is 1. The van der Waals surface area contributed by atoms with Crippen LogP contribution in [0.5, 0.6) is 0 Å². The summed E-state index contributed by atoms with van der Waals surface area (Å²) in [6.45, 7) is 2.27. The molecule has 0 aliphatic heterocycles. The lowest BCUT2D eigenvalue weighted by molar-refractivity contribution is 0.627. The van der Waals surface area contributed by atoms with Crippen molar-refractivity contribution in [3.8, 4) is 0 Å². The highest BCUT2D eigenvalue weighted by Crippen LogP contribution is 2.17. The molecular formula is C13H15N7. The summed E-state index contributed by atoms with van der Waals surface area (Å²) in [7, 11) is 0. The highest BCUT2D eigenvalue weighted by molar-refractivity contribution is 5.87. The third kappa shape index (κ3) is 2.30. The van der Waals surface area contributed by atoms with Crippen LogP contribution in [0.1, 0.15) is 24.5 Å². The standard InChI is InChI=1S/C13H15N7/c1-8(14)11-6-20(19-18-11)7-12-16-10-5-3-2-4-9(10)13(15)17-12/h2-6,8H,7,14H2,1H3,(H2,15,16,17). The lowest BCUT2D eigenvalue weighted by Crippen LogP contribution is -2.07. The van der Waals surface area contributed by atoms with Gasteiger partial charge in [0.2, 0.25) is 0 Å². The lowest BCUT2D eigenvalue weighted by atomic mass is 10.2. The number of fused-ring (bicyclic) bond motifs is 1. The number of nitrogens with two attached hydrogens (primary N) is 2. The van der Waals surface area contributed by atoms with Gasteiger partial charge in [-0.25, -0.2) is 14.6 Å². The van der Waals surface area contributed by atoms with Crippen LogP contribution in [-0.4, -0.2) is 25.0 Å². The number of aromatic nitrogens is 5. The molecule has 0 radical (unpaired) electrons. The van der Waals surface area contributed by atoms with Gasteiger partial charge in [0.15, 0.2) is 5.82 Å². The Morgan fingerprint density at radius 2 is 2.05 bits per heavy atom. The molecule has 0 aliphatic carbocycles. The Hall–Kier alpha value is -2.54. The first-order valence-electron chi connectivity index (χ1n) is 6.30. The number of anilines is 1. The maximum Gasteiger partial charge on any atom is 0.152 e. The number of rotatable bonds is 3.